The SMILES string of the molecule is CN(C)C(=O)c1cnn2c([C@H]3CCCN3C(=O)C3CCCC3)ccnc12. The molecular weight excluding hydrogens is 330 g/mol. The van der Waals surface area contributed by atoms with Crippen LogP contribution in [-0.2, 0) is 4.79 Å². The second-order valence-electron chi connectivity index (χ2n) is 7.53. The first kappa shape index (κ1) is 17.0. The van der Waals surface area contributed by atoms with Crippen LogP contribution in [0.15, 0.2) is 18.5 Å². The number of fused-ring (bicyclic) bond motifs is 1. The Hall–Kier alpha value is -2.44. The Morgan fingerprint density at radius 2 is 1.92 bits per heavy atom. The van der Waals surface area contributed by atoms with Gasteiger partial charge in [-0.05, 0) is 31.7 Å². The first-order chi connectivity index (χ1) is 12.6. The number of amides is 2. The van der Waals surface area contributed by atoms with Gasteiger partial charge in [0, 0.05) is 32.8 Å². The molecule has 3 heterocycles. The van der Waals surface area contributed by atoms with Gasteiger partial charge >= 0.3 is 0 Å². The van der Waals surface area contributed by atoms with Crippen LogP contribution >= 0.6 is 0 Å². The van der Waals surface area contributed by atoms with E-state index in [1.54, 1.807) is 31.0 Å². The Labute approximate surface area is 153 Å². The van der Waals surface area contributed by atoms with Crippen LogP contribution in [-0.4, -0.2) is 56.9 Å². The lowest BCUT2D eigenvalue weighted by Gasteiger charge is -2.27. The largest absolute Gasteiger partial charge is 0.345 e. The molecule has 26 heavy (non-hydrogen) atoms. The average molecular weight is 355 g/mol. The first-order valence-corrected chi connectivity index (χ1v) is 9.42. The van der Waals surface area contributed by atoms with E-state index >= 15 is 0 Å². The van der Waals surface area contributed by atoms with E-state index in [1.165, 1.54) is 4.90 Å². The van der Waals surface area contributed by atoms with Crippen molar-refractivity contribution in [2.24, 2.45) is 5.92 Å². The van der Waals surface area contributed by atoms with Crippen molar-refractivity contribution in [1.82, 2.24) is 24.4 Å². The van der Waals surface area contributed by atoms with Crippen molar-refractivity contribution >= 4 is 17.5 Å². The molecule has 0 bridgehead atoms. The van der Waals surface area contributed by atoms with Crippen LogP contribution in [0.1, 0.15) is 60.6 Å². The molecule has 0 unspecified atom stereocenters. The summed E-state index contributed by atoms with van der Waals surface area (Å²) in [6, 6.07) is 1.94. The Balaban J connectivity index is 1.69. The van der Waals surface area contributed by atoms with Crippen LogP contribution in [0, 0.1) is 5.92 Å². The third kappa shape index (κ3) is 2.75. The minimum Gasteiger partial charge on any atom is -0.345 e. The van der Waals surface area contributed by atoms with Gasteiger partial charge in [-0.3, -0.25) is 9.59 Å². The van der Waals surface area contributed by atoms with Crippen molar-refractivity contribution in [3.8, 4) is 0 Å². The van der Waals surface area contributed by atoms with Crippen LogP contribution in [0.4, 0.5) is 0 Å². The van der Waals surface area contributed by atoms with Gasteiger partial charge in [0.1, 0.15) is 5.56 Å². The summed E-state index contributed by atoms with van der Waals surface area (Å²) in [6.07, 6.45) is 9.55. The molecule has 0 spiro atoms. The monoisotopic (exact) mass is 355 g/mol. The van der Waals surface area contributed by atoms with Gasteiger partial charge in [-0.2, -0.15) is 5.10 Å². The van der Waals surface area contributed by atoms with Gasteiger partial charge in [0.05, 0.1) is 17.9 Å². The summed E-state index contributed by atoms with van der Waals surface area (Å²) in [5.74, 6) is 0.345. The molecule has 138 valence electrons. The third-order valence-corrected chi connectivity index (χ3v) is 5.65. The van der Waals surface area contributed by atoms with Gasteiger partial charge < -0.3 is 9.80 Å². The van der Waals surface area contributed by atoms with Crippen molar-refractivity contribution in [3.63, 3.8) is 0 Å². The van der Waals surface area contributed by atoms with Crippen molar-refractivity contribution < 1.29 is 9.59 Å². The fourth-order valence-corrected chi connectivity index (χ4v) is 4.30. The normalized spacial score (nSPS) is 20.8. The molecule has 0 aromatic carbocycles. The highest BCUT2D eigenvalue weighted by molar-refractivity contribution is 5.99. The fourth-order valence-electron chi connectivity index (χ4n) is 4.30. The molecule has 1 saturated carbocycles. The summed E-state index contributed by atoms with van der Waals surface area (Å²) < 4.78 is 1.74. The second kappa shape index (κ2) is 6.70. The van der Waals surface area contributed by atoms with Gasteiger partial charge in [0.2, 0.25) is 5.91 Å². The van der Waals surface area contributed by atoms with Crippen molar-refractivity contribution in [2.75, 3.05) is 20.6 Å². The fraction of sp³-hybridized carbons (Fsp3) is 0.579. The maximum absolute atomic E-state index is 13.0. The number of hydrogen-bond acceptors (Lipinski definition) is 4. The van der Waals surface area contributed by atoms with Crippen molar-refractivity contribution in [1.29, 1.82) is 0 Å². The Bertz CT molecular complexity index is 838. The summed E-state index contributed by atoms with van der Waals surface area (Å²) in [7, 11) is 3.43. The van der Waals surface area contributed by atoms with E-state index in [9.17, 15) is 9.59 Å². The first-order valence-electron chi connectivity index (χ1n) is 9.42. The molecular formula is C19H25N5O2. The zero-order chi connectivity index (χ0) is 18.3. The molecule has 0 radical (unpaired) electrons. The summed E-state index contributed by atoms with van der Waals surface area (Å²) >= 11 is 0. The van der Waals surface area contributed by atoms with E-state index in [4.69, 9.17) is 0 Å². The van der Waals surface area contributed by atoms with E-state index in [-0.39, 0.29) is 23.8 Å². The molecule has 7 nitrogen and oxygen atoms in total. The predicted molar refractivity (Wildman–Crippen MR) is 96.7 cm³/mol. The maximum Gasteiger partial charge on any atom is 0.258 e. The van der Waals surface area contributed by atoms with E-state index < -0.39 is 0 Å². The number of aromatic nitrogens is 3. The Kier molecular flexibility index (Phi) is 4.38. The second-order valence-corrected chi connectivity index (χ2v) is 7.53. The van der Waals surface area contributed by atoms with E-state index in [0.29, 0.717) is 11.2 Å². The number of rotatable bonds is 3. The van der Waals surface area contributed by atoms with Crippen molar-refractivity contribution in [3.05, 3.63) is 29.7 Å². The molecule has 0 N–H and O–H groups in total. The molecule has 2 fully saturated rings. The zero-order valence-corrected chi connectivity index (χ0v) is 15.4. The summed E-state index contributed by atoms with van der Waals surface area (Å²) in [6.45, 7) is 0.800. The van der Waals surface area contributed by atoms with Crippen molar-refractivity contribution in [2.45, 2.75) is 44.6 Å². The standard InChI is InChI=1S/C19H25N5O2/c1-22(2)19(26)14-12-21-24-16(9-10-20-17(14)24)15-8-5-11-23(15)18(25)13-6-3-4-7-13/h9-10,12-13,15H,3-8,11H2,1-2H3/t15-/m1/s1. The van der Waals surface area contributed by atoms with Gasteiger partial charge in [0.25, 0.3) is 5.91 Å². The highest BCUT2D eigenvalue weighted by Crippen LogP contribution is 2.36. The predicted octanol–water partition coefficient (Wildman–Crippen LogP) is 2.28. The zero-order valence-electron chi connectivity index (χ0n) is 15.4. The van der Waals surface area contributed by atoms with E-state index in [1.807, 2.05) is 11.0 Å². The molecule has 2 aromatic rings. The number of nitrogens with zero attached hydrogens (tertiary/aromatic N) is 5. The number of carbonyl (C=O) groups excluding carboxylic acids is 2. The maximum atomic E-state index is 13.0. The third-order valence-electron chi connectivity index (χ3n) is 5.65. The Morgan fingerprint density at radius 3 is 2.65 bits per heavy atom. The number of likely N-dealkylation sites (tertiary alicyclic amines) is 1. The van der Waals surface area contributed by atoms with Crippen LogP contribution in [0.25, 0.3) is 5.65 Å². The highest BCUT2D eigenvalue weighted by atomic mass is 16.2. The van der Waals surface area contributed by atoms with Gasteiger partial charge in [-0.15, -0.1) is 0 Å². The van der Waals surface area contributed by atoms with Crippen LogP contribution < -0.4 is 0 Å². The molecule has 1 aliphatic heterocycles. The Morgan fingerprint density at radius 1 is 1.15 bits per heavy atom. The highest BCUT2D eigenvalue weighted by Gasteiger charge is 2.36. The van der Waals surface area contributed by atoms with Gasteiger partial charge in [-0.1, -0.05) is 12.8 Å². The van der Waals surface area contributed by atoms with E-state index in [0.717, 1.165) is 50.8 Å². The molecule has 2 aliphatic rings. The smallest absolute Gasteiger partial charge is 0.258 e. The summed E-state index contributed by atoms with van der Waals surface area (Å²) in [5.41, 5.74) is 1.99. The average Bonchev–Trinajstić information content (AvgIpc) is 3.39. The number of hydrogen-bond donors (Lipinski definition) is 0. The summed E-state index contributed by atoms with van der Waals surface area (Å²) in [5, 5.41) is 4.43. The lowest BCUT2D eigenvalue weighted by atomic mass is 10.0. The topological polar surface area (TPSA) is 70.8 Å². The lowest BCUT2D eigenvalue weighted by molar-refractivity contribution is -0.136. The van der Waals surface area contributed by atoms with Gasteiger partial charge in [0.15, 0.2) is 5.65 Å². The molecule has 1 saturated heterocycles. The minimum atomic E-state index is -0.116. The molecule has 7 heteroatoms. The molecule has 1 atom stereocenters. The minimum absolute atomic E-state index is 0.0100. The van der Waals surface area contributed by atoms with Crippen LogP contribution in [0.2, 0.25) is 0 Å². The van der Waals surface area contributed by atoms with Crippen LogP contribution in [0.5, 0.6) is 0 Å². The number of carbonyl (C=O) groups is 2. The molecule has 2 aromatic heterocycles. The quantitative estimate of drug-likeness (QED) is 0.847. The molecule has 1 aliphatic carbocycles. The molecule has 4 rings (SSSR count). The summed E-state index contributed by atoms with van der Waals surface area (Å²) in [4.78, 5) is 33.3. The van der Waals surface area contributed by atoms with Crippen LogP contribution in [0.3, 0.4) is 0 Å². The molecule has 2 amide bonds. The van der Waals surface area contributed by atoms with E-state index in [2.05, 4.69) is 10.1 Å². The van der Waals surface area contributed by atoms with Gasteiger partial charge in [-0.25, -0.2) is 9.50 Å². The lowest BCUT2D eigenvalue weighted by Crippen LogP contribution is -2.35.